The van der Waals surface area contributed by atoms with Crippen molar-refractivity contribution in [3.8, 4) is 5.88 Å². The summed E-state index contributed by atoms with van der Waals surface area (Å²) in [5, 5.41) is 10.5. The van der Waals surface area contributed by atoms with E-state index < -0.39 is 0 Å². The molecule has 1 aromatic carbocycles. The van der Waals surface area contributed by atoms with E-state index in [9.17, 15) is 5.11 Å². The summed E-state index contributed by atoms with van der Waals surface area (Å²) in [6.07, 6.45) is 8.78. The summed E-state index contributed by atoms with van der Waals surface area (Å²) in [5.74, 6) is 2.98. The van der Waals surface area contributed by atoms with Crippen LogP contribution in [-0.4, -0.2) is 65.4 Å². The van der Waals surface area contributed by atoms with Gasteiger partial charge >= 0.3 is 0 Å². The van der Waals surface area contributed by atoms with Crippen LogP contribution in [-0.2, 0) is 5.41 Å². The van der Waals surface area contributed by atoms with Gasteiger partial charge in [0.25, 0.3) is 0 Å². The Morgan fingerprint density at radius 1 is 1.15 bits per heavy atom. The maximum atomic E-state index is 9.39. The maximum absolute atomic E-state index is 9.39. The summed E-state index contributed by atoms with van der Waals surface area (Å²) < 4.78 is 5.47. The van der Waals surface area contributed by atoms with Crippen LogP contribution >= 0.6 is 0 Å². The largest absolute Gasteiger partial charge is 0.480 e. The summed E-state index contributed by atoms with van der Waals surface area (Å²) in [6, 6.07) is 6.38. The molecule has 180 valence electrons. The van der Waals surface area contributed by atoms with Crippen LogP contribution in [0.25, 0.3) is 10.9 Å². The Morgan fingerprint density at radius 3 is 2.59 bits per heavy atom. The molecule has 2 fully saturated rings. The lowest BCUT2D eigenvalue weighted by molar-refractivity contribution is 0.304. The maximum Gasteiger partial charge on any atom is 0.235 e. The highest BCUT2D eigenvalue weighted by atomic mass is 16.5. The highest BCUT2D eigenvalue weighted by Gasteiger charge is 2.45. The highest BCUT2D eigenvalue weighted by molar-refractivity contribution is 5.92. The number of benzene rings is 1. The molecule has 8 nitrogen and oxygen atoms in total. The molecule has 1 aliphatic heterocycles. The molecule has 1 saturated heterocycles. The number of hydrogen-bond donors (Lipinski definition) is 1. The van der Waals surface area contributed by atoms with Gasteiger partial charge in [-0.2, -0.15) is 0 Å². The van der Waals surface area contributed by atoms with Gasteiger partial charge in [0.2, 0.25) is 5.88 Å². The Kier molecular flexibility index (Phi) is 6.25. The third-order valence-corrected chi connectivity index (χ3v) is 7.61. The normalized spacial score (nSPS) is 17.7. The van der Waals surface area contributed by atoms with Gasteiger partial charge in [-0.15, -0.1) is 0 Å². The zero-order chi connectivity index (χ0) is 23.7. The second kappa shape index (κ2) is 9.33. The van der Waals surface area contributed by atoms with Crippen LogP contribution in [0.5, 0.6) is 5.88 Å². The van der Waals surface area contributed by atoms with Gasteiger partial charge in [-0.3, -0.25) is 4.98 Å². The van der Waals surface area contributed by atoms with Crippen LogP contribution in [0.1, 0.15) is 56.5 Å². The van der Waals surface area contributed by atoms with Gasteiger partial charge in [0.15, 0.2) is 0 Å². The van der Waals surface area contributed by atoms with Crippen molar-refractivity contribution in [2.45, 2.75) is 50.4 Å². The van der Waals surface area contributed by atoms with E-state index in [-0.39, 0.29) is 12.0 Å². The number of anilines is 2. The molecule has 0 unspecified atom stereocenters. The Bertz CT molecular complexity index is 1160. The zero-order valence-corrected chi connectivity index (χ0v) is 20.4. The van der Waals surface area contributed by atoms with E-state index in [4.69, 9.17) is 14.7 Å². The lowest BCUT2D eigenvalue weighted by atomic mass is 9.93. The van der Waals surface area contributed by atoms with Gasteiger partial charge < -0.3 is 19.6 Å². The molecule has 0 spiro atoms. The fraction of sp³-hybridized carbons (Fsp3) is 0.538. The molecule has 5 rings (SSSR count). The van der Waals surface area contributed by atoms with E-state index in [1.54, 1.807) is 19.5 Å². The molecule has 0 radical (unpaired) electrons. The molecule has 0 bridgehead atoms. The standard InChI is InChI=1S/C26H34N6O2/c1-4-26(9-10-26)25-29-21-6-5-19(31(2)15-16-33)17-20(21)23(30-25)32-13-7-18(8-14-32)22-24(34-3)28-12-11-27-22/h5-6,11-12,17-18,33H,4,7-10,13-16H2,1-3H3. The van der Waals surface area contributed by atoms with Crippen molar-refractivity contribution in [3.63, 3.8) is 0 Å². The number of methoxy groups -OCH3 is 1. The second-order valence-electron chi connectivity index (χ2n) is 9.56. The number of aliphatic hydroxyl groups excluding tert-OH is 1. The molecule has 2 aliphatic rings. The number of rotatable bonds is 8. The van der Waals surface area contributed by atoms with Crippen molar-refractivity contribution in [3.05, 3.63) is 42.1 Å². The Balaban J connectivity index is 1.49. The summed E-state index contributed by atoms with van der Waals surface area (Å²) >= 11 is 0. The molecular weight excluding hydrogens is 428 g/mol. The predicted octanol–water partition coefficient (Wildman–Crippen LogP) is 3.68. The van der Waals surface area contributed by atoms with Crippen LogP contribution in [0.2, 0.25) is 0 Å². The van der Waals surface area contributed by atoms with Crippen LogP contribution in [0, 0.1) is 0 Å². The quantitative estimate of drug-likeness (QED) is 0.542. The SMILES string of the molecule is CCC1(c2nc(N3CCC(c4nccnc4OC)CC3)c3cc(N(C)CCO)ccc3n2)CC1. The minimum atomic E-state index is 0.120. The fourth-order valence-electron chi connectivity index (χ4n) is 5.12. The first-order chi connectivity index (χ1) is 16.6. The third-order valence-electron chi connectivity index (χ3n) is 7.61. The van der Waals surface area contributed by atoms with Gasteiger partial charge in [-0.25, -0.2) is 15.0 Å². The summed E-state index contributed by atoms with van der Waals surface area (Å²) in [5.41, 5.74) is 3.16. The van der Waals surface area contributed by atoms with E-state index >= 15 is 0 Å². The fourth-order valence-corrected chi connectivity index (χ4v) is 5.12. The highest BCUT2D eigenvalue weighted by Crippen LogP contribution is 2.50. The Labute approximate surface area is 201 Å². The summed E-state index contributed by atoms with van der Waals surface area (Å²) in [6.45, 7) is 4.74. The summed E-state index contributed by atoms with van der Waals surface area (Å²) in [7, 11) is 3.66. The van der Waals surface area contributed by atoms with Crippen molar-refractivity contribution in [2.24, 2.45) is 0 Å². The minimum Gasteiger partial charge on any atom is -0.480 e. The topological polar surface area (TPSA) is 87.5 Å². The average molecular weight is 463 g/mol. The molecule has 2 aromatic heterocycles. The lowest BCUT2D eigenvalue weighted by Crippen LogP contribution is -2.34. The molecule has 34 heavy (non-hydrogen) atoms. The van der Waals surface area contributed by atoms with Gasteiger partial charge in [0.1, 0.15) is 17.3 Å². The molecule has 3 aromatic rings. The number of ether oxygens (including phenoxy) is 1. The van der Waals surface area contributed by atoms with Crippen molar-refractivity contribution in [1.82, 2.24) is 19.9 Å². The molecule has 0 atom stereocenters. The Hall–Kier alpha value is -3.00. The third kappa shape index (κ3) is 4.15. The van der Waals surface area contributed by atoms with Crippen LogP contribution in [0.4, 0.5) is 11.5 Å². The van der Waals surface area contributed by atoms with E-state index in [1.165, 1.54) is 12.8 Å². The van der Waals surface area contributed by atoms with Crippen molar-refractivity contribution in [1.29, 1.82) is 0 Å². The van der Waals surface area contributed by atoms with Crippen LogP contribution in [0.3, 0.4) is 0 Å². The molecule has 1 aliphatic carbocycles. The molecule has 1 N–H and O–H groups in total. The number of hydrogen-bond acceptors (Lipinski definition) is 8. The first-order valence-electron chi connectivity index (χ1n) is 12.3. The molecular formula is C26H34N6O2. The number of likely N-dealkylation sites (N-methyl/N-ethyl adjacent to an activating group) is 1. The van der Waals surface area contributed by atoms with Crippen LogP contribution < -0.4 is 14.5 Å². The average Bonchev–Trinajstić information content (AvgIpc) is 3.69. The number of piperidine rings is 1. The smallest absolute Gasteiger partial charge is 0.235 e. The van der Waals surface area contributed by atoms with Crippen molar-refractivity contribution >= 4 is 22.4 Å². The second-order valence-corrected chi connectivity index (χ2v) is 9.56. The van der Waals surface area contributed by atoms with E-state index in [2.05, 4.69) is 44.9 Å². The van der Waals surface area contributed by atoms with Crippen LogP contribution in [0.15, 0.2) is 30.6 Å². The van der Waals surface area contributed by atoms with E-state index in [1.807, 2.05) is 7.05 Å². The monoisotopic (exact) mass is 462 g/mol. The van der Waals surface area contributed by atoms with E-state index in [0.29, 0.717) is 18.3 Å². The molecule has 0 amide bonds. The van der Waals surface area contributed by atoms with Crippen molar-refractivity contribution in [2.75, 3.05) is 50.2 Å². The number of aromatic nitrogens is 4. The summed E-state index contributed by atoms with van der Waals surface area (Å²) in [4.78, 5) is 23.6. The molecule has 8 heteroatoms. The van der Waals surface area contributed by atoms with Gasteiger partial charge in [-0.05, 0) is 50.3 Å². The van der Waals surface area contributed by atoms with Gasteiger partial charge in [0, 0.05) is 61.5 Å². The minimum absolute atomic E-state index is 0.120. The molecule has 3 heterocycles. The molecule has 1 saturated carbocycles. The lowest BCUT2D eigenvalue weighted by Gasteiger charge is -2.34. The van der Waals surface area contributed by atoms with E-state index in [0.717, 1.165) is 66.3 Å². The first-order valence-corrected chi connectivity index (χ1v) is 12.3. The first kappa shape index (κ1) is 22.8. The van der Waals surface area contributed by atoms with Crippen molar-refractivity contribution < 1.29 is 9.84 Å². The predicted molar refractivity (Wildman–Crippen MR) is 134 cm³/mol. The number of fused-ring (bicyclic) bond motifs is 1. The van der Waals surface area contributed by atoms with Gasteiger partial charge in [0.05, 0.1) is 19.2 Å². The zero-order valence-electron chi connectivity index (χ0n) is 20.4. The number of nitrogens with zero attached hydrogens (tertiary/aromatic N) is 6. The van der Waals surface area contributed by atoms with Gasteiger partial charge in [-0.1, -0.05) is 6.92 Å². The Morgan fingerprint density at radius 2 is 1.91 bits per heavy atom. The number of aliphatic hydroxyl groups is 1.